The van der Waals surface area contributed by atoms with Gasteiger partial charge in [0.15, 0.2) is 5.82 Å². The molecular weight excluding hydrogens is 229 g/mol. The first-order valence-electron chi connectivity index (χ1n) is 4.62. The van der Waals surface area contributed by atoms with Crippen molar-refractivity contribution in [1.29, 1.82) is 0 Å². The van der Waals surface area contributed by atoms with Gasteiger partial charge in [-0.15, -0.1) is 0 Å². The Balaban J connectivity index is 2.57. The molecule has 0 aliphatic rings. The molecule has 0 fully saturated rings. The third kappa shape index (κ3) is 2.28. The number of benzene rings is 1. The van der Waals surface area contributed by atoms with Gasteiger partial charge in [0.05, 0.1) is 0 Å². The van der Waals surface area contributed by atoms with Crippen molar-refractivity contribution < 1.29 is 4.39 Å². The smallest absolute Gasteiger partial charge is 0.161 e. The average molecular weight is 238 g/mol. The van der Waals surface area contributed by atoms with Crippen molar-refractivity contribution in [1.82, 2.24) is 9.97 Å². The van der Waals surface area contributed by atoms with E-state index in [1.165, 1.54) is 12.1 Å². The standard InChI is InChI=1S/C11H9ClFN3/c1-6-2-10(14)16-11(15-6)7-3-8(12)5-9(13)4-7/h2-5H,1H3,(H2,14,15,16). The Morgan fingerprint density at radius 1 is 1.19 bits per heavy atom. The number of anilines is 1. The molecule has 82 valence electrons. The monoisotopic (exact) mass is 237 g/mol. The lowest BCUT2D eigenvalue weighted by atomic mass is 10.2. The van der Waals surface area contributed by atoms with Crippen molar-refractivity contribution in [2.45, 2.75) is 6.92 Å². The van der Waals surface area contributed by atoms with Gasteiger partial charge >= 0.3 is 0 Å². The molecule has 1 aromatic heterocycles. The zero-order chi connectivity index (χ0) is 11.7. The van der Waals surface area contributed by atoms with Gasteiger partial charge in [-0.3, -0.25) is 0 Å². The van der Waals surface area contributed by atoms with E-state index in [4.69, 9.17) is 17.3 Å². The third-order valence-corrected chi connectivity index (χ3v) is 2.21. The lowest BCUT2D eigenvalue weighted by Crippen LogP contribution is -1.97. The molecule has 0 saturated carbocycles. The summed E-state index contributed by atoms with van der Waals surface area (Å²) in [6, 6.07) is 5.79. The molecule has 16 heavy (non-hydrogen) atoms. The van der Waals surface area contributed by atoms with E-state index in [9.17, 15) is 4.39 Å². The van der Waals surface area contributed by atoms with Crippen molar-refractivity contribution >= 4 is 17.4 Å². The molecule has 2 aromatic rings. The van der Waals surface area contributed by atoms with Crippen LogP contribution in [0, 0.1) is 12.7 Å². The number of halogens is 2. The first-order chi connectivity index (χ1) is 7.54. The molecule has 1 aromatic carbocycles. The molecular formula is C11H9ClFN3. The van der Waals surface area contributed by atoms with Crippen LogP contribution in [0.5, 0.6) is 0 Å². The van der Waals surface area contributed by atoms with Crippen molar-refractivity contribution in [2.75, 3.05) is 5.73 Å². The first kappa shape index (κ1) is 10.8. The highest BCUT2D eigenvalue weighted by molar-refractivity contribution is 6.30. The predicted octanol–water partition coefficient (Wildman–Crippen LogP) is 2.83. The largest absolute Gasteiger partial charge is 0.384 e. The highest BCUT2D eigenvalue weighted by Gasteiger charge is 2.06. The van der Waals surface area contributed by atoms with Gasteiger partial charge in [0.25, 0.3) is 0 Å². The van der Waals surface area contributed by atoms with Crippen LogP contribution in [0.15, 0.2) is 24.3 Å². The molecule has 0 bridgehead atoms. The number of nitrogen functional groups attached to an aromatic ring is 1. The van der Waals surface area contributed by atoms with E-state index in [1.54, 1.807) is 19.1 Å². The maximum absolute atomic E-state index is 13.1. The molecule has 0 amide bonds. The summed E-state index contributed by atoms with van der Waals surface area (Å²) in [6.07, 6.45) is 0. The maximum atomic E-state index is 13.1. The molecule has 0 saturated heterocycles. The number of aromatic nitrogens is 2. The van der Waals surface area contributed by atoms with Gasteiger partial charge in [-0.05, 0) is 25.1 Å². The SMILES string of the molecule is Cc1cc(N)nc(-c2cc(F)cc(Cl)c2)n1. The molecule has 0 aliphatic carbocycles. The van der Waals surface area contributed by atoms with E-state index < -0.39 is 5.82 Å². The molecule has 1 heterocycles. The molecule has 5 heteroatoms. The van der Waals surface area contributed by atoms with E-state index in [1.807, 2.05) is 0 Å². The number of hydrogen-bond donors (Lipinski definition) is 1. The van der Waals surface area contributed by atoms with E-state index in [0.29, 0.717) is 22.2 Å². The second kappa shape index (κ2) is 4.06. The lowest BCUT2D eigenvalue weighted by Gasteiger charge is -2.03. The zero-order valence-corrected chi connectivity index (χ0v) is 9.29. The fraction of sp³-hybridized carbons (Fsp3) is 0.0909. The van der Waals surface area contributed by atoms with E-state index in [2.05, 4.69) is 9.97 Å². The molecule has 0 spiro atoms. The van der Waals surface area contributed by atoms with Crippen molar-refractivity contribution in [3.8, 4) is 11.4 Å². The van der Waals surface area contributed by atoms with E-state index in [0.717, 1.165) is 5.69 Å². The molecule has 2 rings (SSSR count). The minimum atomic E-state index is -0.425. The second-order valence-electron chi connectivity index (χ2n) is 3.42. The van der Waals surface area contributed by atoms with Crippen LogP contribution >= 0.6 is 11.6 Å². The van der Waals surface area contributed by atoms with Crippen LogP contribution in [-0.2, 0) is 0 Å². The van der Waals surface area contributed by atoms with Crippen LogP contribution < -0.4 is 5.73 Å². The molecule has 3 nitrogen and oxygen atoms in total. The number of aryl methyl sites for hydroxylation is 1. The highest BCUT2D eigenvalue weighted by Crippen LogP contribution is 2.22. The van der Waals surface area contributed by atoms with Gasteiger partial charge in [0, 0.05) is 22.3 Å². The molecule has 0 aliphatic heterocycles. The minimum Gasteiger partial charge on any atom is -0.384 e. The summed E-state index contributed by atoms with van der Waals surface area (Å²) in [4.78, 5) is 8.20. The number of nitrogens with zero attached hydrogens (tertiary/aromatic N) is 2. The molecule has 2 N–H and O–H groups in total. The summed E-state index contributed by atoms with van der Waals surface area (Å²) < 4.78 is 13.1. The highest BCUT2D eigenvalue weighted by atomic mass is 35.5. The van der Waals surface area contributed by atoms with Crippen LogP contribution in [0.2, 0.25) is 5.02 Å². The van der Waals surface area contributed by atoms with Gasteiger partial charge < -0.3 is 5.73 Å². The molecule has 0 atom stereocenters. The average Bonchev–Trinajstić information content (AvgIpc) is 2.14. The second-order valence-corrected chi connectivity index (χ2v) is 3.85. The van der Waals surface area contributed by atoms with Gasteiger partial charge in [-0.2, -0.15) is 0 Å². The quantitative estimate of drug-likeness (QED) is 0.830. The summed E-state index contributed by atoms with van der Waals surface area (Å²) in [5, 5.41) is 0.304. The van der Waals surface area contributed by atoms with Crippen LogP contribution in [0.4, 0.5) is 10.2 Å². The Labute approximate surface area is 97.1 Å². The number of rotatable bonds is 1. The Morgan fingerprint density at radius 3 is 2.56 bits per heavy atom. The number of nitrogens with two attached hydrogens (primary N) is 1. The van der Waals surface area contributed by atoms with Crippen LogP contribution in [-0.4, -0.2) is 9.97 Å². The van der Waals surface area contributed by atoms with E-state index >= 15 is 0 Å². The van der Waals surface area contributed by atoms with Crippen LogP contribution in [0.1, 0.15) is 5.69 Å². The molecule has 0 radical (unpaired) electrons. The van der Waals surface area contributed by atoms with Gasteiger partial charge in [0.2, 0.25) is 0 Å². The van der Waals surface area contributed by atoms with Crippen molar-refractivity contribution in [3.63, 3.8) is 0 Å². The molecule has 0 unspecified atom stereocenters. The zero-order valence-electron chi connectivity index (χ0n) is 8.54. The van der Waals surface area contributed by atoms with Crippen molar-refractivity contribution in [3.05, 3.63) is 40.8 Å². The maximum Gasteiger partial charge on any atom is 0.161 e. The minimum absolute atomic E-state index is 0.304. The fourth-order valence-electron chi connectivity index (χ4n) is 1.40. The van der Waals surface area contributed by atoms with E-state index in [-0.39, 0.29) is 0 Å². The van der Waals surface area contributed by atoms with Crippen molar-refractivity contribution in [2.24, 2.45) is 0 Å². The summed E-state index contributed by atoms with van der Waals surface area (Å²) in [5.74, 6) is 0.299. The van der Waals surface area contributed by atoms with Crippen LogP contribution in [0.25, 0.3) is 11.4 Å². The first-order valence-corrected chi connectivity index (χ1v) is 5.00. The van der Waals surface area contributed by atoms with Gasteiger partial charge in [-0.25, -0.2) is 14.4 Å². The third-order valence-electron chi connectivity index (χ3n) is 1.99. The lowest BCUT2D eigenvalue weighted by molar-refractivity contribution is 0.628. The van der Waals surface area contributed by atoms with Gasteiger partial charge in [-0.1, -0.05) is 11.6 Å². The topological polar surface area (TPSA) is 51.8 Å². The Bertz CT molecular complexity index is 453. The summed E-state index contributed by atoms with van der Waals surface area (Å²) in [7, 11) is 0. The van der Waals surface area contributed by atoms with Gasteiger partial charge in [0.1, 0.15) is 11.6 Å². The Hall–Kier alpha value is -1.68. The fourth-order valence-corrected chi connectivity index (χ4v) is 1.63. The van der Waals surface area contributed by atoms with Crippen LogP contribution in [0.3, 0.4) is 0 Å². The summed E-state index contributed by atoms with van der Waals surface area (Å²) in [5.41, 5.74) is 6.83. The number of hydrogen-bond acceptors (Lipinski definition) is 3. The normalized spacial score (nSPS) is 10.4. The Kier molecular flexibility index (Phi) is 2.75. The summed E-state index contributed by atoms with van der Waals surface area (Å²) >= 11 is 5.75. The Morgan fingerprint density at radius 2 is 1.94 bits per heavy atom. The predicted molar refractivity (Wildman–Crippen MR) is 61.6 cm³/mol. The summed E-state index contributed by atoms with van der Waals surface area (Å²) in [6.45, 7) is 1.79.